The Kier molecular flexibility index (Phi) is 5.06. The van der Waals surface area contributed by atoms with Crippen LogP contribution >= 0.6 is 0 Å². The zero-order valence-electron chi connectivity index (χ0n) is 15.7. The lowest BCUT2D eigenvalue weighted by Crippen LogP contribution is -2.36. The summed E-state index contributed by atoms with van der Waals surface area (Å²) in [6.45, 7) is 8.77. The number of likely N-dealkylation sites (tertiary alicyclic amines) is 1. The fourth-order valence-corrected chi connectivity index (χ4v) is 2.89. The molecule has 1 aliphatic rings. The zero-order valence-corrected chi connectivity index (χ0v) is 15.7. The van der Waals surface area contributed by atoms with Gasteiger partial charge in [-0.3, -0.25) is 4.98 Å². The predicted octanol–water partition coefficient (Wildman–Crippen LogP) is 3.27. The van der Waals surface area contributed by atoms with Crippen molar-refractivity contribution in [2.75, 3.05) is 18.4 Å². The molecule has 0 aromatic carbocycles. The van der Waals surface area contributed by atoms with E-state index < -0.39 is 5.60 Å². The minimum absolute atomic E-state index is 0.141. The first-order valence-corrected chi connectivity index (χ1v) is 8.81. The van der Waals surface area contributed by atoms with E-state index in [4.69, 9.17) is 4.74 Å². The molecule has 7 nitrogen and oxygen atoms in total. The van der Waals surface area contributed by atoms with Gasteiger partial charge in [-0.15, -0.1) is 0 Å². The van der Waals surface area contributed by atoms with Crippen molar-refractivity contribution in [1.82, 2.24) is 19.9 Å². The van der Waals surface area contributed by atoms with Gasteiger partial charge in [0.05, 0.1) is 5.69 Å². The summed E-state index contributed by atoms with van der Waals surface area (Å²) in [5.74, 6) is 1.46. The highest BCUT2D eigenvalue weighted by atomic mass is 16.6. The second kappa shape index (κ2) is 7.27. The highest BCUT2D eigenvalue weighted by Crippen LogP contribution is 2.22. The van der Waals surface area contributed by atoms with Crippen LogP contribution in [0.15, 0.2) is 30.6 Å². The van der Waals surface area contributed by atoms with Gasteiger partial charge in [0.1, 0.15) is 17.2 Å². The molecule has 2 aromatic rings. The minimum atomic E-state index is -0.480. The van der Waals surface area contributed by atoms with Gasteiger partial charge in [-0.25, -0.2) is 14.8 Å². The summed E-state index contributed by atoms with van der Waals surface area (Å²) < 4.78 is 5.44. The van der Waals surface area contributed by atoms with Crippen molar-refractivity contribution in [2.24, 2.45) is 0 Å². The Balaban J connectivity index is 1.67. The summed E-state index contributed by atoms with van der Waals surface area (Å²) in [6.07, 6.45) is 4.08. The molecular weight excluding hydrogens is 330 g/mol. The van der Waals surface area contributed by atoms with Crippen LogP contribution in [-0.2, 0) is 4.74 Å². The van der Waals surface area contributed by atoms with Crippen molar-refractivity contribution < 1.29 is 9.53 Å². The van der Waals surface area contributed by atoms with Gasteiger partial charge in [0, 0.05) is 43.2 Å². The van der Waals surface area contributed by atoms with E-state index in [0.29, 0.717) is 18.9 Å². The fraction of sp³-hybridized carbons (Fsp3) is 0.474. The maximum atomic E-state index is 12.2. The Labute approximate surface area is 153 Å². The number of rotatable bonds is 3. The van der Waals surface area contributed by atoms with Crippen molar-refractivity contribution in [2.45, 2.75) is 45.8 Å². The maximum absolute atomic E-state index is 12.2. The topological polar surface area (TPSA) is 80.2 Å². The molecule has 1 amide bonds. The number of ether oxygens (including phenoxy) is 1. The normalized spacial score (nSPS) is 17.2. The Bertz CT molecular complexity index is 773. The second-order valence-corrected chi connectivity index (χ2v) is 7.48. The average molecular weight is 355 g/mol. The highest BCUT2D eigenvalue weighted by Gasteiger charge is 2.30. The number of nitrogens with zero attached hydrogens (tertiary/aromatic N) is 4. The molecule has 1 saturated heterocycles. The molecule has 0 aliphatic carbocycles. The number of pyridine rings is 1. The van der Waals surface area contributed by atoms with Crippen LogP contribution in [0.3, 0.4) is 0 Å². The average Bonchev–Trinajstić information content (AvgIpc) is 3.02. The number of aromatic nitrogens is 3. The number of aryl methyl sites for hydroxylation is 1. The molecule has 2 aromatic heterocycles. The molecule has 0 spiro atoms. The lowest BCUT2D eigenvalue weighted by molar-refractivity contribution is 0.0293. The van der Waals surface area contributed by atoms with Gasteiger partial charge in [0.15, 0.2) is 0 Å². The van der Waals surface area contributed by atoms with E-state index in [1.165, 1.54) is 0 Å². The summed E-state index contributed by atoms with van der Waals surface area (Å²) in [7, 11) is 0. The Morgan fingerprint density at radius 1 is 1.27 bits per heavy atom. The molecule has 0 bridgehead atoms. The molecule has 0 radical (unpaired) electrons. The Morgan fingerprint density at radius 3 is 2.69 bits per heavy atom. The van der Waals surface area contributed by atoms with E-state index >= 15 is 0 Å². The molecule has 1 N–H and O–H groups in total. The van der Waals surface area contributed by atoms with Crippen LogP contribution in [0, 0.1) is 6.92 Å². The molecule has 7 heteroatoms. The van der Waals surface area contributed by atoms with E-state index in [9.17, 15) is 4.79 Å². The van der Waals surface area contributed by atoms with Crippen molar-refractivity contribution in [3.63, 3.8) is 0 Å². The highest BCUT2D eigenvalue weighted by molar-refractivity contribution is 5.69. The quantitative estimate of drug-likeness (QED) is 0.910. The van der Waals surface area contributed by atoms with Gasteiger partial charge in [0.25, 0.3) is 0 Å². The van der Waals surface area contributed by atoms with Crippen molar-refractivity contribution in [1.29, 1.82) is 0 Å². The van der Waals surface area contributed by atoms with Crippen LogP contribution in [-0.4, -0.2) is 50.7 Å². The number of amides is 1. The lowest BCUT2D eigenvalue weighted by Gasteiger charge is -2.24. The van der Waals surface area contributed by atoms with E-state index in [2.05, 4.69) is 20.3 Å². The maximum Gasteiger partial charge on any atom is 0.410 e. The molecule has 26 heavy (non-hydrogen) atoms. The summed E-state index contributed by atoms with van der Waals surface area (Å²) in [5, 5.41) is 3.42. The van der Waals surface area contributed by atoms with Gasteiger partial charge < -0.3 is 15.0 Å². The number of carbonyl (C=O) groups excluding carboxylic acids is 1. The first-order chi connectivity index (χ1) is 12.3. The molecule has 0 unspecified atom stereocenters. The van der Waals surface area contributed by atoms with Gasteiger partial charge in [-0.2, -0.15) is 0 Å². The van der Waals surface area contributed by atoms with Crippen molar-refractivity contribution >= 4 is 11.9 Å². The second-order valence-electron chi connectivity index (χ2n) is 7.48. The Hall–Kier alpha value is -2.70. The molecule has 3 heterocycles. The van der Waals surface area contributed by atoms with Crippen molar-refractivity contribution in [3.8, 4) is 11.3 Å². The molecule has 1 fully saturated rings. The third-order valence-electron chi connectivity index (χ3n) is 4.01. The standard InChI is InChI=1S/C19H25N5O2/c1-13-21-16(14-5-8-20-9-6-14)11-17(22-13)23-15-7-10-24(12-15)18(25)26-19(2,3)4/h5-6,8-9,11,15H,7,10,12H2,1-4H3,(H,21,22,23)/t15-/m0/s1. The SMILES string of the molecule is Cc1nc(N[C@H]2CCN(C(=O)OC(C)(C)C)C2)cc(-c2ccncc2)n1. The number of nitrogens with one attached hydrogen (secondary N) is 1. The third-order valence-corrected chi connectivity index (χ3v) is 4.01. The lowest BCUT2D eigenvalue weighted by atomic mass is 10.2. The zero-order chi connectivity index (χ0) is 18.7. The fourth-order valence-electron chi connectivity index (χ4n) is 2.89. The van der Waals surface area contributed by atoms with E-state index in [-0.39, 0.29) is 12.1 Å². The number of hydrogen-bond acceptors (Lipinski definition) is 6. The number of anilines is 1. The molecule has 1 atom stereocenters. The van der Waals surface area contributed by atoms with Crippen LogP contribution in [0.5, 0.6) is 0 Å². The number of hydrogen-bond donors (Lipinski definition) is 1. The van der Waals surface area contributed by atoms with Gasteiger partial charge in [-0.05, 0) is 46.2 Å². The summed E-state index contributed by atoms with van der Waals surface area (Å²) in [4.78, 5) is 27.0. The largest absolute Gasteiger partial charge is 0.444 e. The molecule has 1 aliphatic heterocycles. The molecule has 0 saturated carbocycles. The molecule has 3 rings (SSSR count). The summed E-state index contributed by atoms with van der Waals surface area (Å²) >= 11 is 0. The van der Waals surface area contributed by atoms with Gasteiger partial charge >= 0.3 is 6.09 Å². The van der Waals surface area contributed by atoms with Gasteiger partial charge in [-0.1, -0.05) is 0 Å². The summed E-state index contributed by atoms with van der Waals surface area (Å²) in [6, 6.07) is 5.91. The Morgan fingerprint density at radius 2 is 2.00 bits per heavy atom. The molecule has 138 valence electrons. The van der Waals surface area contributed by atoms with E-state index in [1.807, 2.05) is 45.9 Å². The predicted molar refractivity (Wildman–Crippen MR) is 99.8 cm³/mol. The van der Waals surface area contributed by atoms with Crippen molar-refractivity contribution in [3.05, 3.63) is 36.4 Å². The van der Waals surface area contributed by atoms with Crippen LogP contribution < -0.4 is 5.32 Å². The third kappa shape index (κ3) is 4.68. The van der Waals surface area contributed by atoms with E-state index in [0.717, 1.165) is 23.5 Å². The van der Waals surface area contributed by atoms with E-state index in [1.54, 1.807) is 17.3 Å². The first-order valence-electron chi connectivity index (χ1n) is 8.81. The van der Waals surface area contributed by atoms with Crippen LogP contribution in [0.2, 0.25) is 0 Å². The van der Waals surface area contributed by atoms with Crippen LogP contribution in [0.25, 0.3) is 11.3 Å². The molecular formula is C19H25N5O2. The van der Waals surface area contributed by atoms with Gasteiger partial charge in [0.2, 0.25) is 0 Å². The van der Waals surface area contributed by atoms with Crippen LogP contribution in [0.4, 0.5) is 10.6 Å². The number of carbonyl (C=O) groups is 1. The smallest absolute Gasteiger partial charge is 0.410 e. The minimum Gasteiger partial charge on any atom is -0.444 e. The first kappa shape index (κ1) is 18.1. The summed E-state index contributed by atoms with van der Waals surface area (Å²) in [5.41, 5.74) is 1.37. The monoisotopic (exact) mass is 355 g/mol. The van der Waals surface area contributed by atoms with Crippen LogP contribution in [0.1, 0.15) is 33.0 Å².